The summed E-state index contributed by atoms with van der Waals surface area (Å²) in [5.41, 5.74) is 23.0. The Morgan fingerprint density at radius 1 is 0.275 bits per heavy atom. The van der Waals surface area contributed by atoms with Crippen LogP contribution in [0.5, 0.6) is 0 Å². The van der Waals surface area contributed by atoms with E-state index in [1.807, 2.05) is 0 Å². The first-order valence-electron chi connectivity index (χ1n) is 28.5. The first-order valence-corrected chi connectivity index (χ1v) is 28.5. The number of fused-ring (bicyclic) bond motifs is 13. The highest BCUT2D eigenvalue weighted by atomic mass is 15.0. The first-order chi connectivity index (χ1) is 39.6. The van der Waals surface area contributed by atoms with Gasteiger partial charge < -0.3 is 9.13 Å². The van der Waals surface area contributed by atoms with Crippen LogP contribution in [0.3, 0.4) is 0 Å². The maximum atomic E-state index is 2.51. The van der Waals surface area contributed by atoms with Gasteiger partial charge in [0.1, 0.15) is 0 Å². The summed E-state index contributed by atoms with van der Waals surface area (Å²) in [6.45, 7) is 0. The third kappa shape index (κ3) is 7.54. The summed E-state index contributed by atoms with van der Waals surface area (Å²) in [6.07, 6.45) is 15.4. The van der Waals surface area contributed by atoms with Crippen LogP contribution in [0.2, 0.25) is 0 Å². The van der Waals surface area contributed by atoms with Crippen LogP contribution in [0.4, 0.5) is 0 Å². The van der Waals surface area contributed by atoms with Crippen molar-refractivity contribution in [1.29, 1.82) is 0 Å². The van der Waals surface area contributed by atoms with Crippen LogP contribution in [0, 0.1) is 0 Å². The standard InChI is InChI=1S/C78H56N2/c1-10-46-78(47-11-1)70-48-54(28-26-52-30-36-56(37-31-52)60-40-44-76-68(50-60)66-20-6-8-22-74(66)79(76)72-24-12-16-58-14-2-4-18-62(58)72)34-42-64(70)65-43-35-55(49-71(65)78)29-27-53-32-38-57(39-33-53)61-41-45-77-69(51-61)67-21-7-9-23-75(67)80(77)73-25-13-17-59-15-3-5-19-63(59)73/h2-9,12-45,48-51H,1,10-11,46-47H2. The predicted octanol–water partition coefficient (Wildman–Crippen LogP) is 21.1. The molecule has 0 radical (unpaired) electrons. The van der Waals surface area contributed by atoms with Crippen molar-refractivity contribution in [2.24, 2.45) is 0 Å². The van der Waals surface area contributed by atoms with E-state index in [9.17, 15) is 0 Å². The maximum Gasteiger partial charge on any atom is 0.0541 e. The smallest absolute Gasteiger partial charge is 0.0541 e. The number of aromatic nitrogens is 2. The van der Waals surface area contributed by atoms with Crippen LogP contribution in [0.1, 0.15) is 65.5 Å². The predicted molar refractivity (Wildman–Crippen MR) is 341 cm³/mol. The summed E-state index contributed by atoms with van der Waals surface area (Å²) >= 11 is 0. The summed E-state index contributed by atoms with van der Waals surface area (Å²) < 4.78 is 4.87. The minimum absolute atomic E-state index is 0.0461. The van der Waals surface area contributed by atoms with Crippen molar-refractivity contribution in [2.45, 2.75) is 37.5 Å². The largest absolute Gasteiger partial charge is 0.309 e. The third-order valence-electron chi connectivity index (χ3n) is 17.9. The topological polar surface area (TPSA) is 9.86 Å². The molecular formula is C78H56N2. The molecule has 1 spiro atoms. The molecule has 2 heteroatoms. The summed E-state index contributed by atoms with van der Waals surface area (Å²) in [6, 6.07) is 94.8. The molecule has 2 aromatic heterocycles. The molecule has 14 aromatic rings. The molecule has 1 saturated carbocycles. The van der Waals surface area contributed by atoms with Gasteiger partial charge in [0, 0.05) is 37.7 Å². The van der Waals surface area contributed by atoms with Gasteiger partial charge in [-0.2, -0.15) is 0 Å². The molecule has 0 aliphatic heterocycles. The van der Waals surface area contributed by atoms with Crippen molar-refractivity contribution in [3.05, 3.63) is 288 Å². The maximum absolute atomic E-state index is 2.51. The minimum Gasteiger partial charge on any atom is -0.309 e. The van der Waals surface area contributed by atoms with Crippen molar-refractivity contribution in [3.63, 3.8) is 0 Å². The third-order valence-corrected chi connectivity index (χ3v) is 17.9. The fraction of sp³-hybridized carbons (Fsp3) is 0.0769. The molecule has 2 heterocycles. The average molecular weight is 1020 g/mol. The fourth-order valence-electron chi connectivity index (χ4n) is 14.0. The Hall–Kier alpha value is -9.76. The molecule has 2 nitrogen and oxygen atoms in total. The number of benzene rings is 12. The van der Waals surface area contributed by atoms with E-state index in [4.69, 9.17) is 0 Å². The van der Waals surface area contributed by atoms with E-state index in [-0.39, 0.29) is 5.41 Å². The van der Waals surface area contributed by atoms with Gasteiger partial charge in [0.2, 0.25) is 0 Å². The molecule has 0 atom stereocenters. The lowest BCUT2D eigenvalue weighted by Gasteiger charge is -2.36. The van der Waals surface area contributed by atoms with Crippen molar-refractivity contribution < 1.29 is 0 Å². The zero-order valence-corrected chi connectivity index (χ0v) is 44.5. The Morgan fingerprint density at radius 2 is 0.650 bits per heavy atom. The van der Waals surface area contributed by atoms with Gasteiger partial charge in [-0.3, -0.25) is 0 Å². The molecule has 378 valence electrons. The second kappa shape index (κ2) is 18.7. The van der Waals surface area contributed by atoms with Crippen molar-refractivity contribution >= 4 is 89.5 Å². The lowest BCUT2D eigenvalue weighted by atomic mass is 9.67. The molecule has 2 aliphatic carbocycles. The van der Waals surface area contributed by atoms with Gasteiger partial charge in [-0.05, 0) is 139 Å². The zero-order valence-electron chi connectivity index (χ0n) is 44.5. The molecule has 1 fully saturated rings. The summed E-state index contributed by atoms with van der Waals surface area (Å²) in [5.74, 6) is 0. The highest BCUT2D eigenvalue weighted by Crippen LogP contribution is 2.56. The van der Waals surface area contributed by atoms with Gasteiger partial charge in [-0.1, -0.05) is 250 Å². The summed E-state index contributed by atoms with van der Waals surface area (Å²) in [7, 11) is 0. The second-order valence-corrected chi connectivity index (χ2v) is 22.3. The van der Waals surface area contributed by atoms with E-state index < -0.39 is 0 Å². The van der Waals surface area contributed by atoms with Gasteiger partial charge in [0.05, 0.1) is 33.4 Å². The summed E-state index contributed by atoms with van der Waals surface area (Å²) in [4.78, 5) is 0. The second-order valence-electron chi connectivity index (χ2n) is 22.3. The lowest BCUT2D eigenvalue weighted by Crippen LogP contribution is -2.28. The number of hydrogen-bond acceptors (Lipinski definition) is 0. The van der Waals surface area contributed by atoms with E-state index >= 15 is 0 Å². The minimum atomic E-state index is 0.0461. The number of para-hydroxylation sites is 2. The quantitative estimate of drug-likeness (QED) is 0.134. The molecule has 0 N–H and O–H groups in total. The number of hydrogen-bond donors (Lipinski definition) is 0. The number of rotatable bonds is 8. The van der Waals surface area contributed by atoms with Gasteiger partial charge in [0.15, 0.2) is 0 Å². The van der Waals surface area contributed by atoms with E-state index in [1.54, 1.807) is 0 Å². The van der Waals surface area contributed by atoms with Crippen LogP contribution in [-0.4, -0.2) is 9.13 Å². The molecule has 0 bridgehead atoms. The van der Waals surface area contributed by atoms with Crippen LogP contribution in [0.25, 0.3) is 134 Å². The van der Waals surface area contributed by atoms with Crippen LogP contribution >= 0.6 is 0 Å². The Balaban J connectivity index is 0.648. The van der Waals surface area contributed by atoms with E-state index in [0.717, 1.165) is 0 Å². The van der Waals surface area contributed by atoms with Gasteiger partial charge in [-0.25, -0.2) is 0 Å². The van der Waals surface area contributed by atoms with Gasteiger partial charge in [-0.15, -0.1) is 0 Å². The summed E-state index contributed by atoms with van der Waals surface area (Å²) in [5, 5.41) is 10.1. The Kier molecular flexibility index (Phi) is 10.8. The molecule has 2 aliphatic rings. The first kappa shape index (κ1) is 46.3. The molecule has 0 unspecified atom stereocenters. The van der Waals surface area contributed by atoms with Gasteiger partial charge in [0.25, 0.3) is 0 Å². The highest BCUT2D eigenvalue weighted by Gasteiger charge is 2.43. The van der Waals surface area contributed by atoms with E-state index in [2.05, 4.69) is 288 Å². The van der Waals surface area contributed by atoms with Crippen molar-refractivity contribution in [2.75, 3.05) is 0 Å². The van der Waals surface area contributed by atoms with E-state index in [1.165, 1.54) is 175 Å². The monoisotopic (exact) mass is 1020 g/mol. The Labute approximate surface area is 466 Å². The van der Waals surface area contributed by atoms with Crippen LogP contribution in [-0.2, 0) is 5.41 Å². The van der Waals surface area contributed by atoms with Crippen molar-refractivity contribution in [3.8, 4) is 44.8 Å². The normalized spacial score (nSPS) is 14.0. The average Bonchev–Trinajstić information content (AvgIpc) is 4.14. The molecule has 80 heavy (non-hydrogen) atoms. The molecule has 0 amide bonds. The molecule has 16 rings (SSSR count). The van der Waals surface area contributed by atoms with Crippen molar-refractivity contribution in [1.82, 2.24) is 9.13 Å². The molecular weight excluding hydrogens is 965 g/mol. The van der Waals surface area contributed by atoms with Crippen LogP contribution in [0.15, 0.2) is 255 Å². The molecule has 12 aromatic carbocycles. The highest BCUT2D eigenvalue weighted by molar-refractivity contribution is 6.13. The lowest BCUT2D eigenvalue weighted by molar-refractivity contribution is 0.353. The van der Waals surface area contributed by atoms with Gasteiger partial charge >= 0.3 is 0 Å². The Morgan fingerprint density at radius 3 is 1.12 bits per heavy atom. The van der Waals surface area contributed by atoms with Crippen LogP contribution < -0.4 is 0 Å². The van der Waals surface area contributed by atoms with E-state index in [0.29, 0.717) is 0 Å². The SMILES string of the molecule is C(=Cc1ccc2c(c1)C1(CCCCC1)c1cc(C=Cc3ccc(-c4ccc5c(c4)c4ccccc4n5-c4cccc5ccccc45)cc3)ccc1-2)c1ccc(-c2ccc3c(c2)c2ccccc2n3-c2cccc3ccccc23)cc1. The zero-order chi connectivity index (χ0) is 52.7. The Bertz CT molecular complexity index is 4530. The molecule has 0 saturated heterocycles. The fourth-order valence-corrected chi connectivity index (χ4v) is 14.0. The number of nitrogens with zero attached hydrogens (tertiary/aromatic N) is 2.